The van der Waals surface area contributed by atoms with E-state index in [1.807, 2.05) is 13.0 Å². The lowest BCUT2D eigenvalue weighted by Gasteiger charge is -2.31. The second-order valence-corrected chi connectivity index (χ2v) is 5.94. The quantitative estimate of drug-likeness (QED) is 0.909. The molecule has 1 aliphatic rings. The van der Waals surface area contributed by atoms with Gasteiger partial charge in [-0.2, -0.15) is 0 Å². The molecule has 0 bridgehead atoms. The molecule has 1 saturated heterocycles. The molecule has 0 atom stereocenters. The summed E-state index contributed by atoms with van der Waals surface area (Å²) < 4.78 is 0. The average Bonchev–Trinajstić information content (AvgIpc) is 2.82. The number of carboxylic acids is 1. The van der Waals surface area contributed by atoms with Gasteiger partial charge in [0.1, 0.15) is 0 Å². The number of carboxylic acid groups (broad SMARTS) is 1. The van der Waals surface area contributed by atoms with Crippen LogP contribution in [0.25, 0.3) is 10.9 Å². The van der Waals surface area contributed by atoms with Gasteiger partial charge in [-0.1, -0.05) is 13.0 Å². The molecular formula is C17H22N2O2. The summed E-state index contributed by atoms with van der Waals surface area (Å²) in [5.41, 5.74) is 3.34. The number of aryl methyl sites for hydroxylation is 1. The zero-order valence-electron chi connectivity index (χ0n) is 12.6. The summed E-state index contributed by atoms with van der Waals surface area (Å²) in [4.78, 5) is 17.1. The molecule has 1 aromatic carbocycles. The second-order valence-electron chi connectivity index (χ2n) is 5.94. The molecule has 0 unspecified atom stereocenters. The van der Waals surface area contributed by atoms with Crippen LogP contribution in [0.2, 0.25) is 0 Å². The van der Waals surface area contributed by atoms with Crippen LogP contribution in [-0.2, 0) is 0 Å². The summed E-state index contributed by atoms with van der Waals surface area (Å²) in [7, 11) is 0. The molecule has 0 amide bonds. The van der Waals surface area contributed by atoms with E-state index in [1.165, 1.54) is 5.56 Å². The number of likely N-dealkylation sites (tertiary alicyclic amines) is 1. The Bertz CT molecular complexity index is 667. The van der Waals surface area contributed by atoms with Gasteiger partial charge >= 0.3 is 5.97 Å². The van der Waals surface area contributed by atoms with E-state index in [1.54, 1.807) is 0 Å². The van der Waals surface area contributed by atoms with Crippen molar-refractivity contribution in [3.05, 3.63) is 35.0 Å². The third kappa shape index (κ3) is 2.56. The van der Waals surface area contributed by atoms with E-state index < -0.39 is 5.97 Å². The van der Waals surface area contributed by atoms with Crippen LogP contribution < -0.4 is 0 Å². The Labute approximate surface area is 124 Å². The van der Waals surface area contributed by atoms with Crippen molar-refractivity contribution in [2.75, 3.05) is 19.6 Å². The minimum Gasteiger partial charge on any atom is -0.478 e. The Morgan fingerprint density at radius 2 is 2.10 bits per heavy atom. The van der Waals surface area contributed by atoms with Gasteiger partial charge in [0.05, 0.1) is 5.56 Å². The van der Waals surface area contributed by atoms with Gasteiger partial charge in [-0.15, -0.1) is 0 Å². The van der Waals surface area contributed by atoms with Gasteiger partial charge in [0.15, 0.2) is 0 Å². The molecule has 4 nitrogen and oxygen atoms in total. The Hall–Kier alpha value is -1.81. The minimum absolute atomic E-state index is 0.415. The number of hydrogen-bond donors (Lipinski definition) is 2. The van der Waals surface area contributed by atoms with Crippen LogP contribution in [0.15, 0.2) is 18.2 Å². The summed E-state index contributed by atoms with van der Waals surface area (Å²) in [5, 5.41) is 10.2. The SMILES string of the molecule is CCN1CCC(c2ccc3[nH]c(C)c(C(=O)O)c3c2)CC1. The third-order valence-corrected chi connectivity index (χ3v) is 4.73. The maximum Gasteiger partial charge on any atom is 0.338 e. The monoisotopic (exact) mass is 286 g/mol. The summed E-state index contributed by atoms with van der Waals surface area (Å²) in [6, 6.07) is 6.25. The summed E-state index contributed by atoms with van der Waals surface area (Å²) in [5.74, 6) is -0.300. The fraction of sp³-hybridized carbons (Fsp3) is 0.471. The van der Waals surface area contributed by atoms with E-state index in [0.29, 0.717) is 11.5 Å². The second kappa shape index (κ2) is 5.53. The summed E-state index contributed by atoms with van der Waals surface area (Å²) >= 11 is 0. The van der Waals surface area contributed by atoms with E-state index in [-0.39, 0.29) is 0 Å². The van der Waals surface area contributed by atoms with E-state index in [0.717, 1.165) is 49.1 Å². The van der Waals surface area contributed by atoms with Gasteiger partial charge in [-0.3, -0.25) is 0 Å². The topological polar surface area (TPSA) is 56.3 Å². The number of piperidine rings is 1. The van der Waals surface area contributed by atoms with Crippen molar-refractivity contribution in [1.29, 1.82) is 0 Å². The molecule has 0 radical (unpaired) electrons. The molecule has 1 aliphatic heterocycles. The van der Waals surface area contributed by atoms with Gasteiger partial charge in [0, 0.05) is 16.6 Å². The average molecular weight is 286 g/mol. The van der Waals surface area contributed by atoms with E-state index in [2.05, 4.69) is 28.9 Å². The number of aromatic amines is 1. The number of aromatic carboxylic acids is 1. The van der Waals surface area contributed by atoms with Crippen molar-refractivity contribution < 1.29 is 9.90 Å². The molecule has 1 fully saturated rings. The zero-order chi connectivity index (χ0) is 15.0. The molecule has 112 valence electrons. The lowest BCUT2D eigenvalue weighted by atomic mass is 9.88. The molecular weight excluding hydrogens is 264 g/mol. The van der Waals surface area contributed by atoms with E-state index in [4.69, 9.17) is 0 Å². The molecule has 0 spiro atoms. The Balaban J connectivity index is 1.94. The largest absolute Gasteiger partial charge is 0.478 e. The number of nitrogens with one attached hydrogen (secondary N) is 1. The number of aromatic nitrogens is 1. The van der Waals surface area contributed by atoms with Crippen molar-refractivity contribution in [2.45, 2.75) is 32.6 Å². The predicted molar refractivity (Wildman–Crippen MR) is 84.1 cm³/mol. The summed E-state index contributed by atoms with van der Waals surface area (Å²) in [6.07, 6.45) is 2.32. The van der Waals surface area contributed by atoms with E-state index in [9.17, 15) is 9.90 Å². The molecule has 2 aromatic rings. The van der Waals surface area contributed by atoms with Crippen molar-refractivity contribution in [2.24, 2.45) is 0 Å². The van der Waals surface area contributed by atoms with Crippen molar-refractivity contribution in [1.82, 2.24) is 9.88 Å². The fourth-order valence-corrected chi connectivity index (χ4v) is 3.46. The van der Waals surface area contributed by atoms with Crippen molar-refractivity contribution in [3.63, 3.8) is 0 Å². The van der Waals surface area contributed by atoms with Gasteiger partial charge in [-0.05, 0) is 63.0 Å². The van der Waals surface area contributed by atoms with Crippen LogP contribution in [0.4, 0.5) is 0 Å². The molecule has 4 heteroatoms. The molecule has 21 heavy (non-hydrogen) atoms. The molecule has 2 N–H and O–H groups in total. The first kappa shape index (κ1) is 14.1. The van der Waals surface area contributed by atoms with Crippen molar-refractivity contribution >= 4 is 16.9 Å². The Kier molecular flexibility index (Phi) is 3.72. The molecule has 3 rings (SSSR count). The van der Waals surface area contributed by atoms with Crippen LogP contribution in [0.5, 0.6) is 0 Å². The third-order valence-electron chi connectivity index (χ3n) is 4.73. The number of nitrogens with zero attached hydrogens (tertiary/aromatic N) is 1. The first-order valence-electron chi connectivity index (χ1n) is 7.68. The van der Waals surface area contributed by atoms with Crippen LogP contribution in [0.3, 0.4) is 0 Å². The molecule has 0 aliphatic carbocycles. The normalized spacial score (nSPS) is 17.4. The number of carbonyl (C=O) groups is 1. The number of hydrogen-bond acceptors (Lipinski definition) is 2. The van der Waals surface area contributed by atoms with Gasteiger partial charge in [0.25, 0.3) is 0 Å². The maximum atomic E-state index is 11.4. The smallest absolute Gasteiger partial charge is 0.338 e. The summed E-state index contributed by atoms with van der Waals surface area (Å²) in [6.45, 7) is 7.41. The first-order chi connectivity index (χ1) is 10.1. The van der Waals surface area contributed by atoms with Crippen LogP contribution in [0.1, 0.15) is 47.3 Å². The standard InChI is InChI=1S/C17H22N2O2/c1-3-19-8-6-12(7-9-19)13-4-5-15-14(10-13)16(17(20)21)11(2)18-15/h4-5,10,12,18H,3,6-9H2,1-2H3,(H,20,21). The first-order valence-corrected chi connectivity index (χ1v) is 7.68. The minimum atomic E-state index is -0.850. The Morgan fingerprint density at radius 3 is 2.71 bits per heavy atom. The lowest BCUT2D eigenvalue weighted by Crippen LogP contribution is -2.32. The van der Waals surface area contributed by atoms with E-state index >= 15 is 0 Å². The van der Waals surface area contributed by atoms with Crippen LogP contribution in [-0.4, -0.2) is 40.6 Å². The zero-order valence-corrected chi connectivity index (χ0v) is 12.6. The van der Waals surface area contributed by atoms with Gasteiger partial charge in [0.2, 0.25) is 0 Å². The van der Waals surface area contributed by atoms with Gasteiger partial charge in [-0.25, -0.2) is 4.79 Å². The molecule has 1 aromatic heterocycles. The highest BCUT2D eigenvalue weighted by Gasteiger charge is 2.21. The number of benzene rings is 1. The maximum absolute atomic E-state index is 11.4. The highest BCUT2D eigenvalue weighted by Crippen LogP contribution is 2.31. The van der Waals surface area contributed by atoms with Crippen molar-refractivity contribution in [3.8, 4) is 0 Å². The van der Waals surface area contributed by atoms with Gasteiger partial charge < -0.3 is 15.0 Å². The highest BCUT2D eigenvalue weighted by molar-refractivity contribution is 6.04. The molecule has 2 heterocycles. The fourth-order valence-electron chi connectivity index (χ4n) is 3.46. The Morgan fingerprint density at radius 1 is 1.38 bits per heavy atom. The number of H-pyrrole nitrogens is 1. The highest BCUT2D eigenvalue weighted by atomic mass is 16.4. The lowest BCUT2D eigenvalue weighted by molar-refractivity contribution is 0.0698. The van der Waals surface area contributed by atoms with Crippen LogP contribution in [0, 0.1) is 6.92 Å². The number of rotatable bonds is 3. The number of fused-ring (bicyclic) bond motifs is 1. The predicted octanol–water partition coefficient (Wildman–Crippen LogP) is 3.37. The molecule has 0 saturated carbocycles. The van der Waals surface area contributed by atoms with Crippen LogP contribution >= 0.6 is 0 Å².